The molecule has 0 amide bonds. The van der Waals surface area contributed by atoms with E-state index < -0.39 is 0 Å². The van der Waals surface area contributed by atoms with Gasteiger partial charge in [-0.2, -0.15) is 0 Å². The summed E-state index contributed by atoms with van der Waals surface area (Å²) < 4.78 is 16.3. The third-order valence-electron chi connectivity index (χ3n) is 4.23. The van der Waals surface area contributed by atoms with Crippen molar-refractivity contribution in [1.82, 2.24) is 4.98 Å². The van der Waals surface area contributed by atoms with Crippen LogP contribution < -0.4 is 19.9 Å². The second-order valence-electron chi connectivity index (χ2n) is 5.83. The fraction of sp³-hybridized carbons (Fsp3) is 0.211. The van der Waals surface area contributed by atoms with Crippen LogP contribution in [0.15, 0.2) is 42.5 Å². The molecule has 1 aliphatic rings. The van der Waals surface area contributed by atoms with Crippen molar-refractivity contribution in [1.29, 1.82) is 0 Å². The van der Waals surface area contributed by atoms with Crippen molar-refractivity contribution in [3.63, 3.8) is 0 Å². The summed E-state index contributed by atoms with van der Waals surface area (Å²) >= 11 is 0. The van der Waals surface area contributed by atoms with Gasteiger partial charge in [0.1, 0.15) is 5.75 Å². The van der Waals surface area contributed by atoms with Crippen LogP contribution in [0.3, 0.4) is 0 Å². The van der Waals surface area contributed by atoms with Gasteiger partial charge in [0.25, 0.3) is 0 Å². The average molecular weight is 322 g/mol. The van der Waals surface area contributed by atoms with E-state index in [0.717, 1.165) is 45.0 Å². The van der Waals surface area contributed by atoms with Gasteiger partial charge in [-0.1, -0.05) is 12.1 Å². The number of fused-ring (bicyclic) bond motifs is 2. The number of hydrogen-bond acceptors (Lipinski definition) is 5. The van der Waals surface area contributed by atoms with Gasteiger partial charge >= 0.3 is 0 Å². The Morgan fingerprint density at radius 1 is 1.12 bits per heavy atom. The standard InChI is InChI=1S/C19H18N2O3/c1-11-6-13-8-16-17(24-10-23-16)9-15(13)19(21-11)18(20)12-4-3-5-14(7-12)22-2/h3-9,18H,10,20H2,1-2H3. The molecule has 0 radical (unpaired) electrons. The Bertz CT molecular complexity index is 924. The summed E-state index contributed by atoms with van der Waals surface area (Å²) in [6.07, 6.45) is 0. The third-order valence-corrected chi connectivity index (χ3v) is 4.23. The molecule has 3 aromatic rings. The molecule has 122 valence electrons. The smallest absolute Gasteiger partial charge is 0.231 e. The highest BCUT2D eigenvalue weighted by Gasteiger charge is 2.20. The number of pyridine rings is 1. The lowest BCUT2D eigenvalue weighted by Gasteiger charge is -2.16. The maximum absolute atomic E-state index is 6.53. The van der Waals surface area contributed by atoms with Crippen LogP contribution in [0.1, 0.15) is 23.0 Å². The predicted octanol–water partition coefficient (Wildman–Crippen LogP) is 3.33. The zero-order valence-electron chi connectivity index (χ0n) is 13.6. The van der Waals surface area contributed by atoms with Gasteiger partial charge in [-0.15, -0.1) is 0 Å². The number of aryl methyl sites for hydroxylation is 1. The fourth-order valence-corrected chi connectivity index (χ4v) is 3.04. The lowest BCUT2D eigenvalue weighted by molar-refractivity contribution is 0.174. The van der Waals surface area contributed by atoms with Gasteiger partial charge in [0, 0.05) is 11.1 Å². The molecule has 1 aromatic heterocycles. The van der Waals surface area contributed by atoms with E-state index in [4.69, 9.17) is 24.9 Å². The minimum absolute atomic E-state index is 0.245. The second-order valence-corrected chi connectivity index (χ2v) is 5.83. The van der Waals surface area contributed by atoms with Crippen molar-refractivity contribution in [3.8, 4) is 17.2 Å². The molecule has 0 bridgehead atoms. The van der Waals surface area contributed by atoms with E-state index in [9.17, 15) is 0 Å². The fourth-order valence-electron chi connectivity index (χ4n) is 3.04. The van der Waals surface area contributed by atoms with Crippen molar-refractivity contribution >= 4 is 10.8 Å². The Morgan fingerprint density at radius 2 is 1.92 bits per heavy atom. The largest absolute Gasteiger partial charge is 0.497 e. The molecule has 0 aliphatic carbocycles. The molecule has 24 heavy (non-hydrogen) atoms. The normalized spacial score (nSPS) is 14.0. The van der Waals surface area contributed by atoms with Crippen LogP contribution in [0.4, 0.5) is 0 Å². The molecular formula is C19H18N2O3. The molecule has 0 saturated heterocycles. The predicted molar refractivity (Wildman–Crippen MR) is 91.6 cm³/mol. The van der Waals surface area contributed by atoms with Gasteiger partial charge in [0.05, 0.1) is 18.8 Å². The van der Waals surface area contributed by atoms with Crippen molar-refractivity contribution in [2.75, 3.05) is 13.9 Å². The van der Waals surface area contributed by atoms with Crippen molar-refractivity contribution < 1.29 is 14.2 Å². The van der Waals surface area contributed by atoms with E-state index in [0.29, 0.717) is 0 Å². The summed E-state index contributed by atoms with van der Waals surface area (Å²) in [5.41, 5.74) is 9.21. The summed E-state index contributed by atoms with van der Waals surface area (Å²) in [7, 11) is 1.64. The minimum atomic E-state index is -0.358. The van der Waals surface area contributed by atoms with Gasteiger partial charge in [-0.25, -0.2) is 0 Å². The lowest BCUT2D eigenvalue weighted by atomic mass is 9.98. The maximum atomic E-state index is 6.53. The summed E-state index contributed by atoms with van der Waals surface area (Å²) in [6, 6.07) is 13.4. The molecule has 1 unspecified atom stereocenters. The Kier molecular flexibility index (Phi) is 3.50. The van der Waals surface area contributed by atoms with Gasteiger partial charge in [0.2, 0.25) is 6.79 Å². The van der Waals surface area contributed by atoms with Gasteiger partial charge < -0.3 is 19.9 Å². The molecule has 0 spiro atoms. The molecule has 2 aromatic carbocycles. The van der Waals surface area contributed by atoms with Crippen molar-refractivity contribution in [2.45, 2.75) is 13.0 Å². The van der Waals surface area contributed by atoms with E-state index in [2.05, 4.69) is 0 Å². The molecule has 5 nitrogen and oxygen atoms in total. The second kappa shape index (κ2) is 5.69. The molecule has 0 saturated carbocycles. The third kappa shape index (κ3) is 2.43. The molecular weight excluding hydrogens is 304 g/mol. The highest BCUT2D eigenvalue weighted by atomic mass is 16.7. The number of methoxy groups -OCH3 is 1. The molecule has 1 atom stereocenters. The van der Waals surface area contributed by atoms with Crippen LogP contribution in [-0.4, -0.2) is 18.9 Å². The lowest BCUT2D eigenvalue weighted by Crippen LogP contribution is -2.14. The van der Waals surface area contributed by atoms with E-state index in [1.54, 1.807) is 7.11 Å². The van der Waals surface area contributed by atoms with E-state index in [1.807, 2.05) is 49.4 Å². The maximum Gasteiger partial charge on any atom is 0.231 e. The molecule has 2 heterocycles. The van der Waals surface area contributed by atoms with Crippen molar-refractivity contribution in [3.05, 3.63) is 59.4 Å². The number of hydrogen-bond donors (Lipinski definition) is 1. The van der Waals surface area contributed by atoms with Gasteiger partial charge in [-0.3, -0.25) is 4.98 Å². The molecule has 2 N–H and O–H groups in total. The van der Waals surface area contributed by atoms with Crippen LogP contribution >= 0.6 is 0 Å². The quantitative estimate of drug-likeness (QED) is 0.801. The SMILES string of the molecule is COc1cccc(C(N)c2nc(C)cc3cc4c(cc23)OCO4)c1. The number of rotatable bonds is 3. The average Bonchev–Trinajstić information content (AvgIpc) is 3.06. The van der Waals surface area contributed by atoms with Crippen molar-refractivity contribution in [2.24, 2.45) is 5.73 Å². The minimum Gasteiger partial charge on any atom is -0.497 e. The van der Waals surface area contributed by atoms with Crippen LogP contribution in [0.2, 0.25) is 0 Å². The number of benzene rings is 2. The first-order valence-electron chi connectivity index (χ1n) is 7.76. The van der Waals surface area contributed by atoms with Crippen LogP contribution in [0, 0.1) is 6.92 Å². The Balaban J connectivity index is 1.88. The summed E-state index contributed by atoms with van der Waals surface area (Å²) in [4.78, 5) is 4.70. The summed E-state index contributed by atoms with van der Waals surface area (Å²) in [5, 5.41) is 2.01. The van der Waals surface area contributed by atoms with Gasteiger partial charge in [0.15, 0.2) is 11.5 Å². The Labute approximate surface area is 140 Å². The van der Waals surface area contributed by atoms with E-state index >= 15 is 0 Å². The Hall–Kier alpha value is -2.79. The number of nitrogens with two attached hydrogens (primary N) is 1. The van der Waals surface area contributed by atoms with Crippen LogP contribution in [0.5, 0.6) is 17.2 Å². The van der Waals surface area contributed by atoms with E-state index in [1.165, 1.54) is 0 Å². The topological polar surface area (TPSA) is 66.6 Å². The highest BCUT2D eigenvalue weighted by Crippen LogP contribution is 2.38. The Morgan fingerprint density at radius 3 is 2.71 bits per heavy atom. The molecule has 5 heteroatoms. The van der Waals surface area contributed by atoms with E-state index in [-0.39, 0.29) is 12.8 Å². The van der Waals surface area contributed by atoms with Crippen LogP contribution in [-0.2, 0) is 0 Å². The number of aromatic nitrogens is 1. The summed E-state index contributed by atoms with van der Waals surface area (Å²) in [5.74, 6) is 2.26. The summed E-state index contributed by atoms with van der Waals surface area (Å²) in [6.45, 7) is 2.21. The number of nitrogens with zero attached hydrogens (tertiary/aromatic N) is 1. The van der Waals surface area contributed by atoms with Gasteiger partial charge in [-0.05, 0) is 48.2 Å². The highest BCUT2D eigenvalue weighted by molar-refractivity contribution is 5.89. The molecule has 1 aliphatic heterocycles. The van der Waals surface area contributed by atoms with Crippen LogP contribution in [0.25, 0.3) is 10.8 Å². The molecule has 4 rings (SSSR count). The first kappa shape index (κ1) is 14.8. The first-order valence-corrected chi connectivity index (χ1v) is 7.76. The monoisotopic (exact) mass is 322 g/mol. The first-order chi connectivity index (χ1) is 11.7. The zero-order valence-corrected chi connectivity index (χ0v) is 13.6. The molecule has 0 fully saturated rings. The zero-order chi connectivity index (χ0) is 16.7. The number of ether oxygens (including phenoxy) is 3.